The fourth-order valence-electron chi connectivity index (χ4n) is 1.35. The van der Waals surface area contributed by atoms with Gasteiger partial charge in [0.05, 0.1) is 17.8 Å². The summed E-state index contributed by atoms with van der Waals surface area (Å²) in [6, 6.07) is 7.12. The monoisotopic (exact) mass is 235 g/mol. The molecular weight excluding hydrogens is 226 g/mol. The van der Waals surface area contributed by atoms with E-state index in [-0.39, 0.29) is 0 Å². The molecule has 0 saturated heterocycles. The van der Waals surface area contributed by atoms with Gasteiger partial charge in [0.2, 0.25) is 0 Å². The minimum Gasteiger partial charge on any atom is -0.495 e. The van der Waals surface area contributed by atoms with Crippen molar-refractivity contribution in [2.75, 3.05) is 12.8 Å². The zero-order valence-corrected chi connectivity index (χ0v) is 9.40. The topological polar surface area (TPSA) is 61.0 Å². The summed E-state index contributed by atoms with van der Waals surface area (Å²) in [6.45, 7) is 0. The molecule has 0 aliphatic carbocycles. The van der Waals surface area contributed by atoms with Crippen molar-refractivity contribution in [1.29, 1.82) is 0 Å². The number of hydrogen-bond acceptors (Lipinski definition) is 4. The number of anilines is 1. The van der Waals surface area contributed by atoms with E-state index in [0.717, 1.165) is 11.3 Å². The third kappa shape index (κ3) is 2.06. The minimum atomic E-state index is 0.430. The standard InChI is InChI=1S/C11H10ClN3O/c1-16-10-4-7(2-3-8(10)12)9-5-11(13)15-6-14-9/h2-6H,1H3,(H2,13,14,15). The molecule has 0 bridgehead atoms. The summed E-state index contributed by atoms with van der Waals surface area (Å²) >= 11 is 5.93. The summed E-state index contributed by atoms with van der Waals surface area (Å²) < 4.78 is 5.13. The van der Waals surface area contributed by atoms with Crippen molar-refractivity contribution in [3.8, 4) is 17.0 Å². The van der Waals surface area contributed by atoms with Gasteiger partial charge in [0.15, 0.2) is 0 Å². The van der Waals surface area contributed by atoms with Gasteiger partial charge in [-0.2, -0.15) is 0 Å². The van der Waals surface area contributed by atoms with Gasteiger partial charge in [-0.15, -0.1) is 0 Å². The number of nitrogen functional groups attached to an aromatic ring is 1. The van der Waals surface area contributed by atoms with Gasteiger partial charge in [-0.1, -0.05) is 17.7 Å². The summed E-state index contributed by atoms with van der Waals surface area (Å²) in [6.07, 6.45) is 1.42. The molecule has 0 spiro atoms. The van der Waals surface area contributed by atoms with Crippen molar-refractivity contribution in [2.24, 2.45) is 0 Å². The molecule has 0 aliphatic rings. The Balaban J connectivity index is 2.48. The van der Waals surface area contributed by atoms with Crippen molar-refractivity contribution < 1.29 is 4.74 Å². The number of nitrogens with zero attached hydrogens (tertiary/aromatic N) is 2. The van der Waals surface area contributed by atoms with E-state index in [1.54, 1.807) is 19.2 Å². The van der Waals surface area contributed by atoms with Crippen LogP contribution in [0.5, 0.6) is 5.75 Å². The number of nitrogens with two attached hydrogens (primary N) is 1. The number of aromatic nitrogens is 2. The first kappa shape index (κ1) is 10.7. The molecule has 0 fully saturated rings. The van der Waals surface area contributed by atoms with Crippen LogP contribution in [0.25, 0.3) is 11.3 Å². The van der Waals surface area contributed by atoms with E-state index >= 15 is 0 Å². The molecule has 2 aromatic rings. The largest absolute Gasteiger partial charge is 0.495 e. The minimum absolute atomic E-state index is 0.430. The molecule has 0 radical (unpaired) electrons. The van der Waals surface area contributed by atoms with E-state index in [4.69, 9.17) is 22.1 Å². The summed E-state index contributed by atoms with van der Waals surface area (Å²) in [5, 5.41) is 0.563. The average Bonchev–Trinajstić information content (AvgIpc) is 2.29. The summed E-state index contributed by atoms with van der Waals surface area (Å²) in [4.78, 5) is 7.96. The van der Waals surface area contributed by atoms with Crippen molar-refractivity contribution in [2.45, 2.75) is 0 Å². The van der Waals surface area contributed by atoms with Crippen molar-refractivity contribution in [1.82, 2.24) is 9.97 Å². The Labute approximate surface area is 98.0 Å². The van der Waals surface area contributed by atoms with E-state index in [9.17, 15) is 0 Å². The molecule has 82 valence electrons. The number of hydrogen-bond donors (Lipinski definition) is 1. The Morgan fingerprint density at radius 1 is 1.25 bits per heavy atom. The predicted octanol–water partition coefficient (Wildman–Crippen LogP) is 2.39. The molecule has 16 heavy (non-hydrogen) atoms. The van der Waals surface area contributed by atoms with E-state index in [0.29, 0.717) is 16.6 Å². The van der Waals surface area contributed by atoms with Gasteiger partial charge in [0.1, 0.15) is 17.9 Å². The van der Waals surface area contributed by atoms with Gasteiger partial charge >= 0.3 is 0 Å². The molecule has 2 rings (SSSR count). The third-order valence-electron chi connectivity index (χ3n) is 2.14. The maximum Gasteiger partial charge on any atom is 0.138 e. The smallest absolute Gasteiger partial charge is 0.138 e. The van der Waals surface area contributed by atoms with Crippen LogP contribution in [-0.4, -0.2) is 17.1 Å². The van der Waals surface area contributed by atoms with Crippen LogP contribution in [0.15, 0.2) is 30.6 Å². The number of benzene rings is 1. The van der Waals surface area contributed by atoms with Crippen LogP contribution in [0.3, 0.4) is 0 Å². The van der Waals surface area contributed by atoms with E-state index < -0.39 is 0 Å². The first-order valence-corrected chi connectivity index (χ1v) is 5.00. The van der Waals surface area contributed by atoms with Crippen LogP contribution in [-0.2, 0) is 0 Å². The van der Waals surface area contributed by atoms with Crippen molar-refractivity contribution in [3.05, 3.63) is 35.6 Å². The first-order chi connectivity index (χ1) is 7.70. The van der Waals surface area contributed by atoms with E-state index in [1.807, 2.05) is 12.1 Å². The molecule has 5 heteroatoms. The van der Waals surface area contributed by atoms with Crippen molar-refractivity contribution >= 4 is 17.4 Å². The van der Waals surface area contributed by atoms with Crippen LogP contribution < -0.4 is 10.5 Å². The Morgan fingerprint density at radius 3 is 2.75 bits per heavy atom. The fraction of sp³-hybridized carbons (Fsp3) is 0.0909. The lowest BCUT2D eigenvalue weighted by atomic mass is 10.1. The number of methoxy groups -OCH3 is 1. The SMILES string of the molecule is COc1cc(-c2cc(N)ncn2)ccc1Cl. The molecule has 0 aliphatic heterocycles. The van der Waals surface area contributed by atoms with Crippen LogP contribution in [0.4, 0.5) is 5.82 Å². The summed E-state index contributed by atoms with van der Waals surface area (Å²) in [5.74, 6) is 1.04. The molecule has 2 N–H and O–H groups in total. The lowest BCUT2D eigenvalue weighted by Crippen LogP contribution is -1.93. The highest BCUT2D eigenvalue weighted by Crippen LogP contribution is 2.29. The maximum absolute atomic E-state index is 5.93. The van der Waals surface area contributed by atoms with Gasteiger partial charge in [-0.05, 0) is 12.1 Å². The van der Waals surface area contributed by atoms with Gasteiger partial charge in [0, 0.05) is 11.6 Å². The third-order valence-corrected chi connectivity index (χ3v) is 2.45. The Bertz CT molecular complexity index is 516. The molecule has 0 unspecified atom stereocenters. The van der Waals surface area contributed by atoms with Crippen LogP contribution in [0, 0.1) is 0 Å². The Morgan fingerprint density at radius 2 is 2.06 bits per heavy atom. The highest BCUT2D eigenvalue weighted by Gasteiger charge is 2.05. The Kier molecular flexibility index (Phi) is 2.92. The fourth-order valence-corrected chi connectivity index (χ4v) is 1.54. The quantitative estimate of drug-likeness (QED) is 0.868. The van der Waals surface area contributed by atoms with Gasteiger partial charge in [-0.3, -0.25) is 0 Å². The van der Waals surface area contributed by atoms with Crippen LogP contribution in [0.2, 0.25) is 5.02 Å². The number of halogens is 1. The Hall–Kier alpha value is -1.81. The lowest BCUT2D eigenvalue weighted by molar-refractivity contribution is 0.415. The maximum atomic E-state index is 5.93. The molecule has 0 atom stereocenters. The second-order valence-corrected chi connectivity index (χ2v) is 3.58. The highest BCUT2D eigenvalue weighted by atomic mass is 35.5. The summed E-state index contributed by atoms with van der Waals surface area (Å²) in [7, 11) is 1.57. The molecule has 1 heterocycles. The predicted molar refractivity (Wildman–Crippen MR) is 63.4 cm³/mol. The van der Waals surface area contributed by atoms with Gasteiger partial charge in [-0.25, -0.2) is 9.97 Å². The second-order valence-electron chi connectivity index (χ2n) is 3.18. The lowest BCUT2D eigenvalue weighted by Gasteiger charge is -2.06. The molecule has 1 aromatic carbocycles. The van der Waals surface area contributed by atoms with Crippen molar-refractivity contribution in [3.63, 3.8) is 0 Å². The number of rotatable bonds is 2. The zero-order valence-electron chi connectivity index (χ0n) is 8.64. The van der Waals surface area contributed by atoms with Gasteiger partial charge < -0.3 is 10.5 Å². The van der Waals surface area contributed by atoms with E-state index in [1.165, 1.54) is 6.33 Å². The first-order valence-electron chi connectivity index (χ1n) is 4.62. The highest BCUT2D eigenvalue weighted by molar-refractivity contribution is 6.32. The second kappa shape index (κ2) is 4.37. The summed E-state index contributed by atoms with van der Waals surface area (Å²) in [5.41, 5.74) is 7.21. The van der Waals surface area contributed by atoms with E-state index in [2.05, 4.69) is 9.97 Å². The van der Waals surface area contributed by atoms with Crippen LogP contribution >= 0.6 is 11.6 Å². The number of ether oxygens (including phenoxy) is 1. The van der Waals surface area contributed by atoms with Gasteiger partial charge in [0.25, 0.3) is 0 Å². The molecule has 1 aromatic heterocycles. The molecule has 0 amide bonds. The average molecular weight is 236 g/mol. The molecule has 4 nitrogen and oxygen atoms in total. The normalized spacial score (nSPS) is 10.1. The molecular formula is C11H10ClN3O. The zero-order chi connectivity index (χ0) is 11.5. The van der Waals surface area contributed by atoms with Crippen LogP contribution in [0.1, 0.15) is 0 Å². The molecule has 0 saturated carbocycles.